The Morgan fingerprint density at radius 1 is 1.67 bits per heavy atom. The molecule has 0 unspecified atom stereocenters. The Bertz CT molecular complexity index is 453. The first-order chi connectivity index (χ1) is 7.01. The van der Waals surface area contributed by atoms with Crippen molar-refractivity contribution in [2.24, 2.45) is 5.73 Å². The van der Waals surface area contributed by atoms with Gasteiger partial charge in [-0.3, -0.25) is 5.10 Å². The maximum atomic E-state index is 12.1. The van der Waals surface area contributed by atoms with E-state index in [1.807, 2.05) is 0 Å². The molecule has 7 heteroatoms. The molecule has 0 aromatic carbocycles. The van der Waals surface area contributed by atoms with Gasteiger partial charge in [-0.25, -0.2) is 8.42 Å². The summed E-state index contributed by atoms with van der Waals surface area (Å²) in [6.07, 6.45) is 2.06. The van der Waals surface area contributed by atoms with Gasteiger partial charge < -0.3 is 5.73 Å². The summed E-state index contributed by atoms with van der Waals surface area (Å²) in [5.74, 6) is 0. The number of nitrogens with zero attached hydrogens (tertiary/aromatic N) is 2. The second-order valence-corrected chi connectivity index (χ2v) is 5.68. The molecule has 2 heterocycles. The lowest BCUT2D eigenvalue weighted by molar-refractivity contribution is 0.472. The SMILES string of the molecule is Cc1[nH]ncc1S(=O)(=O)N1CC[C@H](N)C1. The van der Waals surface area contributed by atoms with Gasteiger partial charge in [0.05, 0.1) is 11.9 Å². The van der Waals surface area contributed by atoms with Crippen LogP contribution in [-0.2, 0) is 10.0 Å². The van der Waals surface area contributed by atoms with Gasteiger partial charge in [0.25, 0.3) is 0 Å². The van der Waals surface area contributed by atoms with E-state index in [4.69, 9.17) is 5.73 Å². The second-order valence-electron chi connectivity index (χ2n) is 3.77. The Balaban J connectivity index is 2.32. The number of rotatable bonds is 2. The molecule has 0 radical (unpaired) electrons. The molecule has 1 saturated heterocycles. The van der Waals surface area contributed by atoms with Crippen LogP contribution in [0.15, 0.2) is 11.1 Å². The number of aromatic amines is 1. The van der Waals surface area contributed by atoms with Crippen molar-refractivity contribution in [1.82, 2.24) is 14.5 Å². The van der Waals surface area contributed by atoms with Crippen LogP contribution in [0, 0.1) is 6.92 Å². The lowest BCUT2D eigenvalue weighted by atomic mass is 10.3. The van der Waals surface area contributed by atoms with Gasteiger partial charge in [-0.1, -0.05) is 0 Å². The van der Waals surface area contributed by atoms with Crippen LogP contribution in [0.4, 0.5) is 0 Å². The molecule has 0 bridgehead atoms. The first-order valence-corrected chi connectivity index (χ1v) is 6.21. The molecule has 1 atom stereocenters. The summed E-state index contributed by atoms with van der Waals surface area (Å²) in [7, 11) is -3.40. The van der Waals surface area contributed by atoms with Crippen LogP contribution in [-0.4, -0.2) is 42.1 Å². The van der Waals surface area contributed by atoms with E-state index in [0.717, 1.165) is 6.42 Å². The van der Waals surface area contributed by atoms with Crippen LogP contribution < -0.4 is 5.73 Å². The highest BCUT2D eigenvalue weighted by Crippen LogP contribution is 2.21. The molecule has 6 nitrogen and oxygen atoms in total. The predicted molar refractivity (Wildman–Crippen MR) is 54.7 cm³/mol. The van der Waals surface area contributed by atoms with Crippen LogP contribution in [0.1, 0.15) is 12.1 Å². The van der Waals surface area contributed by atoms with E-state index in [1.54, 1.807) is 6.92 Å². The number of aryl methyl sites for hydroxylation is 1. The molecular weight excluding hydrogens is 216 g/mol. The van der Waals surface area contributed by atoms with Crippen molar-refractivity contribution in [2.45, 2.75) is 24.3 Å². The van der Waals surface area contributed by atoms with E-state index in [9.17, 15) is 8.42 Å². The second kappa shape index (κ2) is 3.58. The molecular formula is C8H14N4O2S. The average Bonchev–Trinajstić information content (AvgIpc) is 2.74. The molecule has 1 aromatic heterocycles. The largest absolute Gasteiger partial charge is 0.326 e. The zero-order valence-electron chi connectivity index (χ0n) is 8.47. The van der Waals surface area contributed by atoms with Crippen molar-refractivity contribution in [2.75, 3.05) is 13.1 Å². The molecule has 84 valence electrons. The minimum atomic E-state index is -3.40. The molecule has 0 saturated carbocycles. The Hall–Kier alpha value is -0.920. The molecule has 0 aliphatic carbocycles. The van der Waals surface area contributed by atoms with Gasteiger partial charge in [-0.2, -0.15) is 9.40 Å². The molecule has 1 aliphatic heterocycles. The predicted octanol–water partition coefficient (Wildman–Crippen LogP) is -0.560. The first-order valence-electron chi connectivity index (χ1n) is 4.77. The van der Waals surface area contributed by atoms with Crippen molar-refractivity contribution >= 4 is 10.0 Å². The summed E-state index contributed by atoms with van der Waals surface area (Å²) in [6.45, 7) is 2.58. The molecule has 0 spiro atoms. The zero-order chi connectivity index (χ0) is 11.1. The number of sulfonamides is 1. The number of nitrogens with one attached hydrogen (secondary N) is 1. The van der Waals surface area contributed by atoms with Gasteiger partial charge in [0, 0.05) is 19.1 Å². The molecule has 2 rings (SSSR count). The Kier molecular flexibility index (Phi) is 2.53. The normalized spacial score (nSPS) is 23.5. The van der Waals surface area contributed by atoms with Gasteiger partial charge in [-0.15, -0.1) is 0 Å². The fraction of sp³-hybridized carbons (Fsp3) is 0.625. The van der Waals surface area contributed by atoms with Crippen LogP contribution in [0.25, 0.3) is 0 Å². The number of nitrogens with two attached hydrogens (primary N) is 1. The maximum absolute atomic E-state index is 12.1. The summed E-state index contributed by atoms with van der Waals surface area (Å²) in [6, 6.07) is -0.0491. The van der Waals surface area contributed by atoms with Gasteiger partial charge >= 0.3 is 0 Å². The summed E-state index contributed by atoms with van der Waals surface area (Å²) < 4.78 is 25.6. The smallest absolute Gasteiger partial charge is 0.246 e. The molecule has 0 amide bonds. The van der Waals surface area contributed by atoms with E-state index in [2.05, 4.69) is 10.2 Å². The minimum absolute atomic E-state index is 0.0491. The highest BCUT2D eigenvalue weighted by Gasteiger charge is 2.32. The van der Waals surface area contributed by atoms with Gasteiger partial charge in [0.15, 0.2) is 0 Å². The maximum Gasteiger partial charge on any atom is 0.246 e. The fourth-order valence-corrected chi connectivity index (χ4v) is 3.34. The summed E-state index contributed by atoms with van der Waals surface area (Å²) in [5, 5.41) is 6.34. The first kappa shape index (κ1) is 10.6. The molecule has 1 aromatic rings. The zero-order valence-corrected chi connectivity index (χ0v) is 9.29. The van der Waals surface area contributed by atoms with E-state index >= 15 is 0 Å². The molecule has 1 fully saturated rings. The van der Waals surface area contributed by atoms with Gasteiger partial charge in [0.2, 0.25) is 10.0 Å². The summed E-state index contributed by atoms with van der Waals surface area (Å²) >= 11 is 0. The average molecular weight is 230 g/mol. The molecule has 1 aliphatic rings. The van der Waals surface area contributed by atoms with Crippen molar-refractivity contribution in [1.29, 1.82) is 0 Å². The number of hydrogen-bond donors (Lipinski definition) is 2. The minimum Gasteiger partial charge on any atom is -0.326 e. The van der Waals surface area contributed by atoms with E-state index in [0.29, 0.717) is 18.8 Å². The third kappa shape index (κ3) is 1.77. The van der Waals surface area contributed by atoms with Crippen molar-refractivity contribution in [3.05, 3.63) is 11.9 Å². The van der Waals surface area contributed by atoms with Crippen molar-refractivity contribution < 1.29 is 8.42 Å². The van der Waals surface area contributed by atoms with E-state index < -0.39 is 10.0 Å². The lowest BCUT2D eigenvalue weighted by Crippen LogP contribution is -2.32. The molecule has 15 heavy (non-hydrogen) atoms. The number of H-pyrrole nitrogens is 1. The standard InChI is InChI=1S/C8H14N4O2S/c1-6-8(4-10-11-6)15(13,14)12-3-2-7(9)5-12/h4,7H,2-3,5,9H2,1H3,(H,10,11)/t7-/m0/s1. The van der Waals surface area contributed by atoms with E-state index in [-0.39, 0.29) is 10.9 Å². The third-order valence-corrected chi connectivity index (χ3v) is 4.57. The Morgan fingerprint density at radius 2 is 2.40 bits per heavy atom. The number of aromatic nitrogens is 2. The third-order valence-electron chi connectivity index (χ3n) is 2.59. The number of hydrogen-bond acceptors (Lipinski definition) is 4. The fourth-order valence-electron chi connectivity index (χ4n) is 1.71. The van der Waals surface area contributed by atoms with Gasteiger partial charge in [0.1, 0.15) is 4.90 Å². The van der Waals surface area contributed by atoms with Crippen LogP contribution >= 0.6 is 0 Å². The van der Waals surface area contributed by atoms with Crippen molar-refractivity contribution in [3.63, 3.8) is 0 Å². The topological polar surface area (TPSA) is 92.1 Å². The van der Waals surface area contributed by atoms with Crippen LogP contribution in [0.3, 0.4) is 0 Å². The Labute approximate surface area is 88.5 Å². The molecule has 3 N–H and O–H groups in total. The van der Waals surface area contributed by atoms with Crippen LogP contribution in [0.5, 0.6) is 0 Å². The summed E-state index contributed by atoms with van der Waals surface area (Å²) in [5.41, 5.74) is 6.25. The van der Waals surface area contributed by atoms with Crippen molar-refractivity contribution in [3.8, 4) is 0 Å². The van der Waals surface area contributed by atoms with E-state index in [1.165, 1.54) is 10.5 Å². The lowest BCUT2D eigenvalue weighted by Gasteiger charge is -2.14. The summed E-state index contributed by atoms with van der Waals surface area (Å²) in [4.78, 5) is 0.247. The van der Waals surface area contributed by atoms with Gasteiger partial charge in [-0.05, 0) is 13.3 Å². The highest BCUT2D eigenvalue weighted by atomic mass is 32.2. The van der Waals surface area contributed by atoms with Crippen LogP contribution in [0.2, 0.25) is 0 Å². The highest BCUT2D eigenvalue weighted by molar-refractivity contribution is 7.89. The monoisotopic (exact) mass is 230 g/mol. The quantitative estimate of drug-likeness (QED) is 0.712. The Morgan fingerprint density at radius 3 is 2.87 bits per heavy atom.